The highest BCUT2D eigenvalue weighted by Crippen LogP contribution is 2.40. The van der Waals surface area contributed by atoms with Crippen molar-refractivity contribution < 1.29 is 0 Å². The van der Waals surface area contributed by atoms with E-state index >= 15 is 0 Å². The monoisotopic (exact) mass is 296 g/mol. The maximum Gasteiger partial charge on any atom is 0.157 e. The van der Waals surface area contributed by atoms with E-state index in [1.807, 2.05) is 0 Å². The van der Waals surface area contributed by atoms with Gasteiger partial charge in [0.05, 0.1) is 0 Å². The summed E-state index contributed by atoms with van der Waals surface area (Å²) in [6, 6.07) is 0. The zero-order chi connectivity index (χ0) is 15.1. The second-order valence-electron chi connectivity index (χ2n) is 7.66. The molecular formula is C15H25ClN4. The molecule has 1 aromatic heterocycles. The molecule has 1 aliphatic carbocycles. The van der Waals surface area contributed by atoms with Gasteiger partial charge in [-0.25, -0.2) is 9.97 Å². The van der Waals surface area contributed by atoms with E-state index in [1.54, 1.807) is 0 Å². The molecule has 112 valence electrons. The summed E-state index contributed by atoms with van der Waals surface area (Å²) in [5.41, 5.74) is 6.58. The molecule has 4 nitrogen and oxygen atoms in total. The van der Waals surface area contributed by atoms with Gasteiger partial charge in [-0.15, -0.1) is 0 Å². The summed E-state index contributed by atoms with van der Waals surface area (Å²) < 4.78 is 0. The Morgan fingerprint density at radius 3 is 2.30 bits per heavy atom. The molecule has 0 spiro atoms. The number of hydrogen-bond donors (Lipinski definition) is 2. The lowest BCUT2D eigenvalue weighted by molar-refractivity contribution is 0.302. The van der Waals surface area contributed by atoms with E-state index in [1.165, 1.54) is 0 Å². The van der Waals surface area contributed by atoms with E-state index in [0.29, 0.717) is 22.6 Å². The second kappa shape index (κ2) is 5.06. The molecule has 0 aromatic carbocycles. The molecule has 1 fully saturated rings. The van der Waals surface area contributed by atoms with E-state index in [-0.39, 0.29) is 11.0 Å². The van der Waals surface area contributed by atoms with Crippen LogP contribution in [0.25, 0.3) is 0 Å². The molecule has 1 saturated carbocycles. The number of anilines is 2. The van der Waals surface area contributed by atoms with Gasteiger partial charge in [0.15, 0.2) is 11.0 Å². The van der Waals surface area contributed by atoms with E-state index in [2.05, 4.69) is 49.9 Å². The van der Waals surface area contributed by atoms with Crippen molar-refractivity contribution in [1.29, 1.82) is 0 Å². The maximum atomic E-state index is 6.14. The van der Waals surface area contributed by atoms with E-state index in [4.69, 9.17) is 17.3 Å². The van der Waals surface area contributed by atoms with Gasteiger partial charge in [0.1, 0.15) is 11.5 Å². The van der Waals surface area contributed by atoms with Crippen LogP contribution in [0, 0.1) is 5.41 Å². The maximum absolute atomic E-state index is 6.14. The third-order valence-electron chi connectivity index (χ3n) is 3.29. The Bertz CT molecular complexity index is 501. The van der Waals surface area contributed by atoms with E-state index < -0.39 is 0 Å². The number of halogens is 1. The lowest BCUT2D eigenvalue weighted by atomic mass is 9.82. The number of hydrogen-bond acceptors (Lipinski definition) is 4. The Kier molecular flexibility index (Phi) is 3.89. The van der Waals surface area contributed by atoms with Crippen LogP contribution in [0.3, 0.4) is 0 Å². The van der Waals surface area contributed by atoms with Crippen LogP contribution in [0.15, 0.2) is 0 Å². The Morgan fingerprint density at radius 2 is 1.80 bits per heavy atom. The summed E-state index contributed by atoms with van der Waals surface area (Å²) >= 11 is 6.14. The van der Waals surface area contributed by atoms with Gasteiger partial charge >= 0.3 is 0 Å². The first-order chi connectivity index (χ1) is 9.07. The molecule has 20 heavy (non-hydrogen) atoms. The summed E-state index contributed by atoms with van der Waals surface area (Å²) in [5.74, 6) is 1.94. The molecular weight excluding hydrogens is 272 g/mol. The van der Waals surface area contributed by atoms with Gasteiger partial charge in [-0.3, -0.25) is 0 Å². The highest BCUT2D eigenvalue weighted by atomic mass is 35.5. The first-order valence-electron chi connectivity index (χ1n) is 7.18. The number of aromatic nitrogens is 2. The molecule has 0 amide bonds. The average Bonchev–Trinajstić information content (AvgIpc) is 3.03. The SMILES string of the molecule is CC(C)(C)CC(C)(C)Nc1nc(C2CC2)nc(Cl)c1N. The van der Waals surface area contributed by atoms with Crippen molar-refractivity contribution >= 4 is 23.1 Å². The third kappa shape index (κ3) is 3.98. The molecule has 1 aliphatic rings. The zero-order valence-electron chi connectivity index (χ0n) is 13.0. The molecule has 3 N–H and O–H groups in total. The molecule has 0 radical (unpaired) electrons. The number of nitrogens with two attached hydrogens (primary N) is 1. The Labute approximate surface area is 126 Å². The van der Waals surface area contributed by atoms with Crippen LogP contribution in [0.4, 0.5) is 11.5 Å². The first-order valence-corrected chi connectivity index (χ1v) is 7.56. The van der Waals surface area contributed by atoms with Crippen molar-refractivity contribution in [2.75, 3.05) is 11.1 Å². The summed E-state index contributed by atoms with van der Waals surface area (Å²) in [5, 5.41) is 3.80. The zero-order valence-corrected chi connectivity index (χ0v) is 13.8. The Morgan fingerprint density at radius 1 is 1.20 bits per heavy atom. The summed E-state index contributed by atoms with van der Waals surface area (Å²) in [7, 11) is 0. The van der Waals surface area contributed by atoms with Crippen molar-refractivity contribution in [1.82, 2.24) is 9.97 Å². The quantitative estimate of drug-likeness (QED) is 0.817. The fraction of sp³-hybridized carbons (Fsp3) is 0.733. The fourth-order valence-corrected chi connectivity index (χ4v) is 2.94. The minimum atomic E-state index is -0.106. The largest absolute Gasteiger partial charge is 0.393 e. The van der Waals surface area contributed by atoms with Gasteiger partial charge in [0.2, 0.25) is 0 Å². The minimum Gasteiger partial charge on any atom is -0.393 e. The van der Waals surface area contributed by atoms with Crippen molar-refractivity contribution in [3.05, 3.63) is 11.0 Å². The van der Waals surface area contributed by atoms with Crippen LogP contribution in [-0.4, -0.2) is 15.5 Å². The van der Waals surface area contributed by atoms with Gasteiger partial charge in [-0.2, -0.15) is 0 Å². The minimum absolute atomic E-state index is 0.106. The highest BCUT2D eigenvalue weighted by Gasteiger charge is 2.30. The van der Waals surface area contributed by atoms with Crippen molar-refractivity contribution in [2.24, 2.45) is 5.41 Å². The smallest absolute Gasteiger partial charge is 0.157 e. The standard InChI is InChI=1S/C15H25ClN4/c1-14(2,3)8-15(4,5)20-13-10(17)11(16)18-12(19-13)9-6-7-9/h9H,6-8,17H2,1-5H3,(H,18,19,20). The van der Waals surface area contributed by atoms with Crippen LogP contribution in [0.1, 0.15) is 65.6 Å². The van der Waals surface area contributed by atoms with Crippen LogP contribution >= 0.6 is 11.6 Å². The normalized spacial score (nSPS) is 16.3. The fourth-order valence-electron chi connectivity index (χ4n) is 2.77. The Balaban J connectivity index is 2.23. The third-order valence-corrected chi connectivity index (χ3v) is 3.58. The predicted octanol–water partition coefficient (Wildman–Crippen LogP) is 4.22. The number of nitrogens with zero attached hydrogens (tertiary/aromatic N) is 2. The van der Waals surface area contributed by atoms with Gasteiger partial charge in [-0.05, 0) is 38.5 Å². The van der Waals surface area contributed by atoms with Gasteiger partial charge in [0, 0.05) is 11.5 Å². The summed E-state index contributed by atoms with van der Waals surface area (Å²) in [6.45, 7) is 11.0. The summed E-state index contributed by atoms with van der Waals surface area (Å²) in [6.07, 6.45) is 3.29. The van der Waals surface area contributed by atoms with Gasteiger partial charge in [0.25, 0.3) is 0 Å². The van der Waals surface area contributed by atoms with Crippen LogP contribution in [0.2, 0.25) is 5.15 Å². The number of rotatable bonds is 4. The first kappa shape index (κ1) is 15.4. The van der Waals surface area contributed by atoms with Crippen molar-refractivity contribution in [2.45, 2.75) is 65.3 Å². The van der Waals surface area contributed by atoms with E-state index in [9.17, 15) is 0 Å². The van der Waals surface area contributed by atoms with Crippen LogP contribution < -0.4 is 11.1 Å². The number of nitrogens with one attached hydrogen (secondary N) is 1. The average molecular weight is 297 g/mol. The van der Waals surface area contributed by atoms with Gasteiger partial charge < -0.3 is 11.1 Å². The Hall–Kier alpha value is -1.03. The summed E-state index contributed by atoms with van der Waals surface area (Å²) in [4.78, 5) is 8.87. The molecule has 5 heteroatoms. The van der Waals surface area contributed by atoms with E-state index in [0.717, 1.165) is 25.1 Å². The highest BCUT2D eigenvalue weighted by molar-refractivity contribution is 6.32. The molecule has 0 saturated heterocycles. The molecule has 1 heterocycles. The molecule has 2 rings (SSSR count). The van der Waals surface area contributed by atoms with Crippen LogP contribution in [0.5, 0.6) is 0 Å². The van der Waals surface area contributed by atoms with Crippen molar-refractivity contribution in [3.8, 4) is 0 Å². The lowest BCUT2D eigenvalue weighted by Gasteiger charge is -2.34. The molecule has 0 aliphatic heterocycles. The predicted molar refractivity (Wildman–Crippen MR) is 85.2 cm³/mol. The lowest BCUT2D eigenvalue weighted by Crippen LogP contribution is -2.36. The number of nitrogen functional groups attached to an aromatic ring is 1. The molecule has 0 bridgehead atoms. The van der Waals surface area contributed by atoms with Crippen molar-refractivity contribution in [3.63, 3.8) is 0 Å². The molecule has 1 aromatic rings. The molecule has 0 atom stereocenters. The van der Waals surface area contributed by atoms with Gasteiger partial charge in [-0.1, -0.05) is 32.4 Å². The topological polar surface area (TPSA) is 63.8 Å². The second-order valence-corrected chi connectivity index (χ2v) is 8.01. The van der Waals surface area contributed by atoms with Crippen LogP contribution in [-0.2, 0) is 0 Å². The molecule has 0 unspecified atom stereocenters.